The lowest BCUT2D eigenvalue weighted by atomic mass is 9.70. The molecule has 0 atom stereocenters. The van der Waals surface area contributed by atoms with Crippen LogP contribution >= 0.6 is 0 Å². The molecule has 0 fully saturated rings. The number of rotatable bonds is 4. The van der Waals surface area contributed by atoms with Crippen molar-refractivity contribution < 1.29 is 19.3 Å². The fourth-order valence-electron chi connectivity index (χ4n) is 5.64. The Labute approximate surface area is 199 Å². The minimum absolute atomic E-state index is 0.0498. The molecule has 0 bridgehead atoms. The van der Waals surface area contributed by atoms with Crippen molar-refractivity contribution in [2.75, 3.05) is 14.2 Å². The summed E-state index contributed by atoms with van der Waals surface area (Å²) in [7, 11) is 3.15. The van der Waals surface area contributed by atoms with Crippen molar-refractivity contribution in [2.24, 2.45) is 0 Å². The number of methoxy groups -OCH3 is 2. The first-order valence-corrected chi connectivity index (χ1v) is 10.9. The SMILES string of the molecule is COc1ccc2c(c1)C1(c3cc(OC)ccc3-c3ccc([N+](=O)[O-])cc31)c1cc([N+](=O)[O-])ccc1-2. The Hall–Kier alpha value is -4.72. The molecule has 1 spiro atoms. The number of benzene rings is 4. The van der Waals surface area contributed by atoms with Crippen molar-refractivity contribution in [1.82, 2.24) is 0 Å². The Bertz CT molecular complexity index is 1470. The van der Waals surface area contributed by atoms with E-state index < -0.39 is 15.3 Å². The number of nitrogens with zero attached hydrogens (tertiary/aromatic N) is 2. The van der Waals surface area contributed by atoms with Crippen molar-refractivity contribution in [3.05, 3.63) is 115 Å². The molecule has 2 aliphatic rings. The molecule has 35 heavy (non-hydrogen) atoms. The van der Waals surface area contributed by atoms with Gasteiger partial charge >= 0.3 is 0 Å². The van der Waals surface area contributed by atoms with E-state index in [0.717, 1.165) is 33.4 Å². The normalized spacial score (nSPS) is 13.5. The molecule has 8 heteroatoms. The van der Waals surface area contributed by atoms with Crippen LogP contribution in [-0.4, -0.2) is 24.1 Å². The fraction of sp³-hybridized carbons (Fsp3) is 0.111. The smallest absolute Gasteiger partial charge is 0.269 e. The van der Waals surface area contributed by atoms with Gasteiger partial charge < -0.3 is 9.47 Å². The number of ether oxygens (including phenoxy) is 2. The number of nitro groups is 2. The zero-order valence-electron chi connectivity index (χ0n) is 18.8. The third-order valence-electron chi connectivity index (χ3n) is 7.08. The molecule has 2 aliphatic carbocycles. The second kappa shape index (κ2) is 7.14. The van der Waals surface area contributed by atoms with E-state index in [0.29, 0.717) is 22.6 Å². The molecule has 0 aromatic heterocycles. The maximum absolute atomic E-state index is 11.8. The van der Waals surface area contributed by atoms with Gasteiger partial charge in [-0.05, 0) is 80.9 Å². The van der Waals surface area contributed by atoms with Gasteiger partial charge in [-0.15, -0.1) is 0 Å². The van der Waals surface area contributed by atoms with Crippen LogP contribution in [0.4, 0.5) is 11.4 Å². The first kappa shape index (κ1) is 20.9. The first-order chi connectivity index (χ1) is 16.9. The highest BCUT2D eigenvalue weighted by molar-refractivity contribution is 5.96. The van der Waals surface area contributed by atoms with Crippen molar-refractivity contribution in [3.8, 4) is 33.8 Å². The van der Waals surface area contributed by atoms with Crippen LogP contribution in [0.5, 0.6) is 11.5 Å². The second-order valence-corrected chi connectivity index (χ2v) is 8.55. The maximum atomic E-state index is 11.8. The Morgan fingerprint density at radius 2 is 0.914 bits per heavy atom. The van der Waals surface area contributed by atoms with E-state index in [1.165, 1.54) is 12.1 Å². The Morgan fingerprint density at radius 1 is 0.571 bits per heavy atom. The van der Waals surface area contributed by atoms with Crippen molar-refractivity contribution in [3.63, 3.8) is 0 Å². The second-order valence-electron chi connectivity index (χ2n) is 8.55. The molecule has 8 nitrogen and oxygen atoms in total. The Kier molecular flexibility index (Phi) is 4.25. The lowest BCUT2D eigenvalue weighted by molar-refractivity contribution is -0.385. The minimum Gasteiger partial charge on any atom is -0.497 e. The average Bonchev–Trinajstić information content (AvgIpc) is 3.33. The molecule has 4 aromatic rings. The molecule has 4 aromatic carbocycles. The van der Waals surface area contributed by atoms with Gasteiger partial charge in [-0.1, -0.05) is 12.1 Å². The molecule has 0 heterocycles. The van der Waals surface area contributed by atoms with Crippen LogP contribution in [0.25, 0.3) is 22.3 Å². The van der Waals surface area contributed by atoms with Crippen LogP contribution in [0.1, 0.15) is 22.3 Å². The largest absolute Gasteiger partial charge is 0.497 e. The van der Waals surface area contributed by atoms with Gasteiger partial charge in [-0.2, -0.15) is 0 Å². The van der Waals surface area contributed by atoms with Crippen LogP contribution < -0.4 is 9.47 Å². The predicted octanol–water partition coefficient (Wildman–Crippen LogP) is 5.86. The molecular formula is C27H18N2O6. The topological polar surface area (TPSA) is 105 Å². The number of hydrogen-bond acceptors (Lipinski definition) is 6. The number of nitro benzene ring substituents is 2. The molecule has 0 amide bonds. The van der Waals surface area contributed by atoms with Gasteiger partial charge in [-0.25, -0.2) is 0 Å². The van der Waals surface area contributed by atoms with Crippen molar-refractivity contribution >= 4 is 11.4 Å². The maximum Gasteiger partial charge on any atom is 0.269 e. The molecule has 0 saturated heterocycles. The van der Waals surface area contributed by atoms with Gasteiger partial charge in [-0.3, -0.25) is 20.2 Å². The van der Waals surface area contributed by atoms with Gasteiger partial charge in [0.2, 0.25) is 0 Å². The molecule has 0 aliphatic heterocycles. The molecule has 0 unspecified atom stereocenters. The Morgan fingerprint density at radius 3 is 1.26 bits per heavy atom. The van der Waals surface area contributed by atoms with Crippen LogP contribution in [-0.2, 0) is 5.41 Å². The molecule has 6 rings (SSSR count). The highest BCUT2D eigenvalue weighted by atomic mass is 16.6. The third-order valence-corrected chi connectivity index (χ3v) is 7.08. The van der Waals surface area contributed by atoms with E-state index in [-0.39, 0.29) is 11.4 Å². The van der Waals surface area contributed by atoms with E-state index >= 15 is 0 Å². The predicted molar refractivity (Wildman–Crippen MR) is 129 cm³/mol. The molecule has 172 valence electrons. The zero-order chi connectivity index (χ0) is 24.5. The van der Waals surface area contributed by atoms with Gasteiger partial charge in [0.05, 0.1) is 29.5 Å². The van der Waals surface area contributed by atoms with Crippen LogP contribution in [0.3, 0.4) is 0 Å². The monoisotopic (exact) mass is 466 g/mol. The standard InChI is InChI=1S/C27H18N2O6/c1-34-17-5-9-21-19-7-3-15(28(30)31)11-23(19)27(25(21)13-17)24-12-16(29(32)33)4-8-20(24)22-10-6-18(35-2)14-26(22)27/h3-14H,1-2H3. The van der Waals surface area contributed by atoms with E-state index in [1.807, 2.05) is 36.4 Å². The van der Waals surface area contributed by atoms with Crippen molar-refractivity contribution in [1.29, 1.82) is 0 Å². The lowest BCUT2D eigenvalue weighted by Gasteiger charge is -2.30. The third kappa shape index (κ3) is 2.62. The summed E-state index contributed by atoms with van der Waals surface area (Å²) in [4.78, 5) is 22.7. The van der Waals surface area contributed by atoms with Crippen molar-refractivity contribution in [2.45, 2.75) is 5.41 Å². The molecular weight excluding hydrogens is 448 g/mol. The fourth-order valence-corrected chi connectivity index (χ4v) is 5.64. The molecule has 0 N–H and O–H groups in total. The quantitative estimate of drug-likeness (QED) is 0.238. The van der Waals surface area contributed by atoms with Gasteiger partial charge in [0.25, 0.3) is 11.4 Å². The highest BCUT2D eigenvalue weighted by Gasteiger charge is 2.53. The molecule has 0 radical (unpaired) electrons. The van der Waals surface area contributed by atoms with Gasteiger partial charge in [0.15, 0.2) is 0 Å². The zero-order valence-corrected chi connectivity index (χ0v) is 18.8. The average molecular weight is 466 g/mol. The number of hydrogen-bond donors (Lipinski definition) is 0. The van der Waals surface area contributed by atoms with Gasteiger partial charge in [0, 0.05) is 24.3 Å². The summed E-state index contributed by atoms with van der Waals surface area (Å²) in [6, 6.07) is 21.0. The highest BCUT2D eigenvalue weighted by Crippen LogP contribution is 2.64. The number of fused-ring (bicyclic) bond motifs is 10. The van der Waals surface area contributed by atoms with Crippen LogP contribution in [0, 0.1) is 20.2 Å². The van der Waals surface area contributed by atoms with E-state index in [4.69, 9.17) is 9.47 Å². The van der Waals surface area contributed by atoms with Gasteiger partial charge in [0.1, 0.15) is 11.5 Å². The minimum atomic E-state index is -1.02. The Balaban J connectivity index is 1.83. The van der Waals surface area contributed by atoms with E-state index in [2.05, 4.69) is 0 Å². The first-order valence-electron chi connectivity index (χ1n) is 10.9. The lowest BCUT2D eigenvalue weighted by Crippen LogP contribution is -2.26. The summed E-state index contributed by atoms with van der Waals surface area (Å²) in [5.74, 6) is 1.24. The van der Waals surface area contributed by atoms with Crippen LogP contribution in [0.2, 0.25) is 0 Å². The molecule has 0 saturated carbocycles. The van der Waals surface area contributed by atoms with Crippen LogP contribution in [0.15, 0.2) is 72.8 Å². The number of non-ortho nitro benzene ring substituents is 2. The van der Waals surface area contributed by atoms with E-state index in [9.17, 15) is 20.2 Å². The van der Waals surface area contributed by atoms with E-state index in [1.54, 1.807) is 38.5 Å². The summed E-state index contributed by atoms with van der Waals surface area (Å²) in [5, 5.41) is 23.6. The summed E-state index contributed by atoms with van der Waals surface area (Å²) in [6.07, 6.45) is 0. The summed E-state index contributed by atoms with van der Waals surface area (Å²) in [5.41, 5.74) is 5.43. The summed E-state index contributed by atoms with van der Waals surface area (Å²) < 4.78 is 11.1. The summed E-state index contributed by atoms with van der Waals surface area (Å²) >= 11 is 0. The summed E-state index contributed by atoms with van der Waals surface area (Å²) in [6.45, 7) is 0.